The van der Waals surface area contributed by atoms with Crippen molar-refractivity contribution in [3.8, 4) is 10.8 Å². The molecule has 1 saturated heterocycles. The number of thiophene rings is 1. The highest BCUT2D eigenvalue weighted by Gasteiger charge is 2.35. The van der Waals surface area contributed by atoms with Crippen molar-refractivity contribution in [2.24, 2.45) is 0 Å². The maximum absolute atomic E-state index is 13.9. The Morgan fingerprint density at radius 1 is 1.05 bits per heavy atom. The average molecular weight is 615 g/mol. The minimum atomic E-state index is -0.870. The van der Waals surface area contributed by atoms with E-state index in [0.717, 1.165) is 30.3 Å². The molecular formula is C29H35FN6O6S. The number of aliphatic hydroxyl groups excluding tert-OH is 2. The third kappa shape index (κ3) is 6.12. The zero-order chi connectivity index (χ0) is 30.8. The summed E-state index contributed by atoms with van der Waals surface area (Å²) in [6.45, 7) is 2.38. The van der Waals surface area contributed by atoms with Crippen molar-refractivity contribution in [3.05, 3.63) is 68.4 Å². The second-order valence-corrected chi connectivity index (χ2v) is 11.9. The molecular weight excluding hydrogens is 579 g/mol. The van der Waals surface area contributed by atoms with Gasteiger partial charge in [-0.3, -0.25) is 14.2 Å². The minimum Gasteiger partial charge on any atom is -0.496 e. The normalized spacial score (nSPS) is 20.4. The Kier molecular flexibility index (Phi) is 9.08. The fraction of sp³-hybridized carbons (Fsp3) is 0.483. The summed E-state index contributed by atoms with van der Waals surface area (Å²) < 4.78 is 21.8. The maximum atomic E-state index is 13.9. The molecule has 3 aromatic heterocycles. The van der Waals surface area contributed by atoms with Gasteiger partial charge in [-0.25, -0.2) is 13.8 Å². The predicted octanol–water partition coefficient (Wildman–Crippen LogP) is 2.19. The molecule has 1 unspecified atom stereocenters. The van der Waals surface area contributed by atoms with Crippen molar-refractivity contribution < 1.29 is 24.1 Å². The number of aryl methyl sites for hydroxylation is 3. The van der Waals surface area contributed by atoms with E-state index < -0.39 is 23.1 Å². The molecule has 4 heterocycles. The van der Waals surface area contributed by atoms with Gasteiger partial charge in [-0.2, -0.15) is 10.2 Å². The van der Waals surface area contributed by atoms with Crippen molar-refractivity contribution in [2.45, 2.75) is 70.2 Å². The molecule has 0 spiro atoms. The number of carbonyl (C=O) groups excluding carboxylic acids is 1. The summed E-state index contributed by atoms with van der Waals surface area (Å²) in [5.74, 6) is -0.189. The number of fused-ring (bicyclic) bond motifs is 1. The van der Waals surface area contributed by atoms with Gasteiger partial charge in [0.05, 0.1) is 37.1 Å². The van der Waals surface area contributed by atoms with Gasteiger partial charge in [-0.05, 0) is 69.2 Å². The van der Waals surface area contributed by atoms with E-state index in [1.54, 1.807) is 14.0 Å². The van der Waals surface area contributed by atoms with Gasteiger partial charge in [-0.15, -0.1) is 4.80 Å². The number of hydrogen-bond donors (Lipinski definition) is 2. The number of nitrogens with zero attached hydrogens (tertiary/aromatic N) is 6. The maximum Gasteiger partial charge on any atom is 0.332 e. The molecule has 1 aliphatic carbocycles. The van der Waals surface area contributed by atoms with Crippen molar-refractivity contribution in [1.82, 2.24) is 29.0 Å². The van der Waals surface area contributed by atoms with Crippen molar-refractivity contribution in [3.63, 3.8) is 0 Å². The molecule has 2 N–H and O–H groups in total. The number of methoxy groups -OCH3 is 1. The molecule has 1 amide bonds. The van der Waals surface area contributed by atoms with E-state index >= 15 is 0 Å². The molecule has 230 valence electrons. The number of hydrogen-bond acceptors (Lipinski definition) is 9. The van der Waals surface area contributed by atoms with Crippen LogP contribution in [0.2, 0.25) is 0 Å². The van der Waals surface area contributed by atoms with Crippen LogP contribution in [0.25, 0.3) is 15.2 Å². The van der Waals surface area contributed by atoms with Crippen molar-refractivity contribution in [1.29, 1.82) is 0 Å². The molecule has 4 aromatic rings. The van der Waals surface area contributed by atoms with Crippen LogP contribution in [-0.2, 0) is 17.8 Å². The lowest BCUT2D eigenvalue weighted by molar-refractivity contribution is -0.129. The number of rotatable bonds is 6. The van der Waals surface area contributed by atoms with E-state index in [1.165, 1.54) is 63.3 Å². The van der Waals surface area contributed by atoms with Gasteiger partial charge in [0.15, 0.2) is 0 Å². The lowest BCUT2D eigenvalue weighted by Crippen LogP contribution is -2.44. The first-order chi connectivity index (χ1) is 20.6. The molecule has 1 saturated carbocycles. The molecule has 1 aromatic carbocycles. The van der Waals surface area contributed by atoms with E-state index in [9.17, 15) is 18.8 Å². The molecule has 6 rings (SSSR count). The van der Waals surface area contributed by atoms with E-state index in [4.69, 9.17) is 14.9 Å². The van der Waals surface area contributed by atoms with Crippen LogP contribution in [0.1, 0.15) is 49.3 Å². The first kappa shape index (κ1) is 30.6. The lowest BCUT2D eigenvalue weighted by atomic mass is 9.95. The van der Waals surface area contributed by atoms with Crippen LogP contribution in [0, 0.1) is 12.7 Å². The van der Waals surface area contributed by atoms with Crippen LogP contribution in [0.3, 0.4) is 0 Å². The SMILES string of the molecule is COc1ccc(F)cc1CCn1c(=O)n(C2CCN(C)C2=O)c(=O)c2c(C)c(-n3nccn3)sc21.OC1CCC(O)CC1. The molecule has 12 nitrogen and oxygen atoms in total. The number of aromatic nitrogens is 5. The fourth-order valence-corrected chi connectivity index (χ4v) is 6.85. The summed E-state index contributed by atoms with van der Waals surface area (Å²) in [5.41, 5.74) is 0.123. The monoisotopic (exact) mass is 614 g/mol. The van der Waals surface area contributed by atoms with Crippen LogP contribution in [0.15, 0.2) is 40.2 Å². The van der Waals surface area contributed by atoms with E-state index in [-0.39, 0.29) is 31.1 Å². The Hall–Kier alpha value is -3.88. The summed E-state index contributed by atoms with van der Waals surface area (Å²) in [6, 6.07) is 3.34. The van der Waals surface area contributed by atoms with Crippen LogP contribution in [0.4, 0.5) is 4.39 Å². The first-order valence-electron chi connectivity index (χ1n) is 14.2. The molecule has 1 atom stereocenters. The summed E-state index contributed by atoms with van der Waals surface area (Å²) in [7, 11) is 3.15. The number of likely N-dealkylation sites (N-methyl/N-ethyl adjacent to an activating group) is 1. The standard InChI is InChI=1S/C23H23FN6O4S.C6H12O2/c1-13-18-20(32)29(16-7-10-27(2)19(16)31)23(33)28(22(18)35-21(13)30-25-8-9-26-30)11-6-14-12-15(24)4-5-17(14)34-3;7-5-1-2-6(8)4-3-5/h4-5,8-9,12,16H,6-7,10-11H2,1-3H3;5-8H,1-4H2. The zero-order valence-corrected chi connectivity index (χ0v) is 25.1. The Labute approximate surface area is 250 Å². The molecule has 1 aliphatic heterocycles. The molecule has 2 fully saturated rings. The van der Waals surface area contributed by atoms with E-state index in [0.29, 0.717) is 45.1 Å². The highest BCUT2D eigenvalue weighted by molar-refractivity contribution is 7.21. The topological polar surface area (TPSA) is 145 Å². The van der Waals surface area contributed by atoms with Gasteiger partial charge in [0.25, 0.3) is 5.56 Å². The van der Waals surface area contributed by atoms with Crippen LogP contribution < -0.4 is 16.0 Å². The summed E-state index contributed by atoms with van der Waals surface area (Å²) in [4.78, 5) is 43.5. The number of likely N-dealkylation sites (tertiary alicyclic amines) is 1. The summed E-state index contributed by atoms with van der Waals surface area (Å²) in [6.07, 6.45) is 6.53. The Bertz CT molecular complexity index is 1710. The lowest BCUT2D eigenvalue weighted by Gasteiger charge is -2.20. The van der Waals surface area contributed by atoms with Gasteiger partial charge in [0.1, 0.15) is 27.4 Å². The van der Waals surface area contributed by atoms with E-state index in [2.05, 4.69) is 10.2 Å². The number of amides is 1. The quantitative estimate of drug-likeness (QED) is 0.336. The molecule has 43 heavy (non-hydrogen) atoms. The Morgan fingerprint density at radius 3 is 2.28 bits per heavy atom. The van der Waals surface area contributed by atoms with Gasteiger partial charge in [0.2, 0.25) is 5.91 Å². The number of halogens is 1. The molecule has 0 radical (unpaired) electrons. The number of aliphatic hydroxyl groups is 2. The third-order valence-corrected chi connectivity index (χ3v) is 9.32. The summed E-state index contributed by atoms with van der Waals surface area (Å²) >= 11 is 1.22. The smallest absolute Gasteiger partial charge is 0.332 e. The number of ether oxygens (including phenoxy) is 1. The largest absolute Gasteiger partial charge is 0.496 e. The molecule has 14 heteroatoms. The second-order valence-electron chi connectivity index (χ2n) is 10.9. The second kappa shape index (κ2) is 12.8. The van der Waals surface area contributed by atoms with Crippen LogP contribution >= 0.6 is 11.3 Å². The highest BCUT2D eigenvalue weighted by Crippen LogP contribution is 2.31. The van der Waals surface area contributed by atoms with Crippen LogP contribution in [-0.4, -0.2) is 78.1 Å². The Morgan fingerprint density at radius 2 is 1.70 bits per heavy atom. The third-order valence-electron chi connectivity index (χ3n) is 8.04. The number of benzene rings is 1. The zero-order valence-electron chi connectivity index (χ0n) is 24.3. The van der Waals surface area contributed by atoms with Crippen molar-refractivity contribution >= 4 is 27.5 Å². The molecule has 0 bridgehead atoms. The average Bonchev–Trinajstić information content (AvgIpc) is 3.71. The fourth-order valence-electron chi connectivity index (χ4n) is 5.61. The first-order valence-corrected chi connectivity index (χ1v) is 15.0. The van der Waals surface area contributed by atoms with Crippen molar-refractivity contribution in [2.75, 3.05) is 20.7 Å². The molecule has 2 aliphatic rings. The minimum absolute atomic E-state index is 0.140. The van der Waals surface area contributed by atoms with E-state index in [1.807, 2.05) is 0 Å². The highest BCUT2D eigenvalue weighted by atomic mass is 32.1. The van der Waals surface area contributed by atoms with Gasteiger partial charge < -0.3 is 19.8 Å². The predicted molar refractivity (Wildman–Crippen MR) is 158 cm³/mol. The van der Waals surface area contributed by atoms with Gasteiger partial charge in [-0.1, -0.05) is 11.3 Å². The Balaban J connectivity index is 0.000000400. The van der Waals surface area contributed by atoms with Gasteiger partial charge in [0, 0.05) is 25.7 Å². The van der Waals surface area contributed by atoms with Crippen LogP contribution in [0.5, 0.6) is 5.75 Å². The number of carbonyl (C=O) groups is 1. The summed E-state index contributed by atoms with van der Waals surface area (Å²) in [5, 5.41) is 27.1. The van der Waals surface area contributed by atoms with Gasteiger partial charge >= 0.3 is 5.69 Å².